The molecule has 4 N–H and O–H groups in total. The van der Waals surface area contributed by atoms with Crippen LogP contribution in [0, 0.1) is 12.8 Å². The smallest absolute Gasteiger partial charge is 0.324 e. The molecule has 44 heavy (non-hydrogen) atoms. The maximum atomic E-state index is 14.1. The molecular formula is C36H40N6O2. The van der Waals surface area contributed by atoms with Crippen LogP contribution in [-0.4, -0.2) is 39.7 Å². The molecule has 0 bridgehead atoms. The van der Waals surface area contributed by atoms with Gasteiger partial charge in [0.25, 0.3) is 0 Å². The summed E-state index contributed by atoms with van der Waals surface area (Å²) in [4.78, 5) is 30.6. The molecule has 3 heterocycles. The first kappa shape index (κ1) is 29.4. The van der Waals surface area contributed by atoms with Gasteiger partial charge in [0.05, 0.1) is 17.3 Å². The Morgan fingerprint density at radius 3 is 2.34 bits per heavy atom. The van der Waals surface area contributed by atoms with Crippen LogP contribution < -0.4 is 16.0 Å². The van der Waals surface area contributed by atoms with E-state index in [-0.39, 0.29) is 29.1 Å². The Morgan fingerprint density at radius 2 is 1.64 bits per heavy atom. The average Bonchev–Trinajstić information content (AvgIpc) is 3.64. The summed E-state index contributed by atoms with van der Waals surface area (Å²) in [6.45, 7) is 10.1. The number of rotatable bonds is 7. The molecular weight excluding hydrogens is 548 g/mol. The van der Waals surface area contributed by atoms with Gasteiger partial charge in [-0.15, -0.1) is 0 Å². The summed E-state index contributed by atoms with van der Waals surface area (Å²) in [7, 11) is 0. The van der Waals surface area contributed by atoms with Crippen molar-refractivity contribution in [2.24, 2.45) is 5.92 Å². The lowest BCUT2D eigenvalue weighted by molar-refractivity contribution is 0.0917. The maximum absolute atomic E-state index is 14.1. The number of para-hydroxylation sites is 1. The van der Waals surface area contributed by atoms with E-state index in [4.69, 9.17) is 5.10 Å². The number of piperidine rings is 1. The summed E-state index contributed by atoms with van der Waals surface area (Å²) in [5.41, 5.74) is 6.01. The quantitative estimate of drug-likeness (QED) is 0.147. The topological polar surface area (TPSA) is 104 Å². The van der Waals surface area contributed by atoms with Crippen LogP contribution in [0.15, 0.2) is 85.1 Å². The van der Waals surface area contributed by atoms with Gasteiger partial charge in [-0.1, -0.05) is 68.8 Å². The highest BCUT2D eigenvalue weighted by Gasteiger charge is 2.33. The molecule has 0 spiro atoms. The Kier molecular flexibility index (Phi) is 8.10. The maximum Gasteiger partial charge on any atom is 0.324 e. The lowest BCUT2D eigenvalue weighted by Crippen LogP contribution is -2.33. The van der Waals surface area contributed by atoms with Crippen molar-refractivity contribution < 1.29 is 9.59 Å². The Morgan fingerprint density at radius 1 is 0.932 bits per heavy atom. The van der Waals surface area contributed by atoms with Crippen molar-refractivity contribution >= 4 is 34.2 Å². The third-order valence-corrected chi connectivity index (χ3v) is 8.52. The van der Waals surface area contributed by atoms with E-state index >= 15 is 0 Å². The Labute approximate surface area is 258 Å². The van der Waals surface area contributed by atoms with E-state index in [1.807, 2.05) is 92.0 Å². The zero-order valence-electron chi connectivity index (χ0n) is 25.8. The summed E-state index contributed by atoms with van der Waals surface area (Å²) in [5, 5.41) is 15.1. The molecule has 8 heteroatoms. The number of aryl methyl sites for hydroxylation is 1. The molecule has 2 amide bonds. The molecule has 2 aromatic heterocycles. The van der Waals surface area contributed by atoms with Gasteiger partial charge in [-0.2, -0.15) is 5.10 Å². The van der Waals surface area contributed by atoms with E-state index in [0.717, 1.165) is 64.9 Å². The summed E-state index contributed by atoms with van der Waals surface area (Å²) in [6, 6.07) is 25.2. The number of hydrogen-bond donors (Lipinski definition) is 4. The van der Waals surface area contributed by atoms with Crippen LogP contribution in [0.5, 0.6) is 0 Å². The molecule has 0 aliphatic carbocycles. The summed E-state index contributed by atoms with van der Waals surface area (Å²) in [6.07, 6.45) is 3.71. The van der Waals surface area contributed by atoms with Crippen LogP contribution in [0.25, 0.3) is 16.6 Å². The van der Waals surface area contributed by atoms with Crippen LogP contribution in [-0.2, 0) is 5.41 Å². The van der Waals surface area contributed by atoms with Gasteiger partial charge < -0.3 is 15.6 Å². The molecule has 1 aliphatic rings. The number of anilines is 2. The van der Waals surface area contributed by atoms with Crippen LogP contribution >= 0.6 is 0 Å². The van der Waals surface area contributed by atoms with Gasteiger partial charge >= 0.3 is 6.03 Å². The fourth-order valence-electron chi connectivity index (χ4n) is 6.03. The molecule has 0 saturated carbocycles. The normalized spacial score (nSPS) is 14.8. The molecule has 1 atom stereocenters. The number of carbonyl (C=O) groups is 2. The minimum absolute atomic E-state index is 0.131. The van der Waals surface area contributed by atoms with Gasteiger partial charge in [-0.05, 0) is 74.7 Å². The van der Waals surface area contributed by atoms with E-state index in [9.17, 15) is 9.59 Å². The SMILES string of the molecule is Cc1ccc(-n2nc(C(C)(C)C)cc2NC(=O)Nc2ccc(C(C(=O)c3c[nH]c4ccccc34)C3CCNCC3)cc2)cc1. The van der Waals surface area contributed by atoms with Gasteiger partial charge in [-0.25, -0.2) is 9.48 Å². The van der Waals surface area contributed by atoms with Crippen molar-refractivity contribution in [3.8, 4) is 5.69 Å². The van der Waals surface area contributed by atoms with Crippen molar-refractivity contribution in [3.05, 3.63) is 107 Å². The van der Waals surface area contributed by atoms with Crippen molar-refractivity contribution in [2.45, 2.75) is 51.9 Å². The Bertz CT molecular complexity index is 1770. The predicted molar refractivity (Wildman–Crippen MR) is 177 cm³/mol. The van der Waals surface area contributed by atoms with Crippen molar-refractivity contribution in [3.63, 3.8) is 0 Å². The number of benzene rings is 3. The molecule has 5 aromatic rings. The number of aromatic amines is 1. The molecule has 1 aliphatic heterocycles. The number of nitrogens with zero attached hydrogens (tertiary/aromatic N) is 2. The van der Waals surface area contributed by atoms with Crippen molar-refractivity contribution in [2.75, 3.05) is 23.7 Å². The summed E-state index contributed by atoms with van der Waals surface area (Å²) < 4.78 is 1.77. The third kappa shape index (κ3) is 6.17. The fraction of sp³-hybridized carbons (Fsp3) is 0.306. The molecule has 1 saturated heterocycles. The van der Waals surface area contributed by atoms with E-state index in [0.29, 0.717) is 11.5 Å². The summed E-state index contributed by atoms with van der Waals surface area (Å²) >= 11 is 0. The van der Waals surface area contributed by atoms with E-state index in [1.54, 1.807) is 4.68 Å². The largest absolute Gasteiger partial charge is 0.360 e. The lowest BCUT2D eigenvalue weighted by atomic mass is 9.76. The van der Waals surface area contributed by atoms with Gasteiger partial charge in [0.1, 0.15) is 5.82 Å². The van der Waals surface area contributed by atoms with Crippen LogP contribution in [0.1, 0.15) is 66.7 Å². The fourth-order valence-corrected chi connectivity index (χ4v) is 6.03. The van der Waals surface area contributed by atoms with Gasteiger partial charge in [-0.3, -0.25) is 10.1 Å². The van der Waals surface area contributed by atoms with Crippen LogP contribution in [0.3, 0.4) is 0 Å². The number of ketones is 1. The molecule has 8 nitrogen and oxygen atoms in total. The summed E-state index contributed by atoms with van der Waals surface area (Å²) in [5.74, 6) is 0.687. The number of carbonyl (C=O) groups excluding carboxylic acids is 2. The second kappa shape index (κ2) is 12.1. The highest BCUT2D eigenvalue weighted by atomic mass is 16.2. The molecule has 226 valence electrons. The predicted octanol–water partition coefficient (Wildman–Crippen LogP) is 7.57. The number of hydrogen-bond acceptors (Lipinski definition) is 4. The zero-order chi connectivity index (χ0) is 30.8. The number of amides is 2. The number of urea groups is 1. The minimum Gasteiger partial charge on any atom is -0.360 e. The van der Waals surface area contributed by atoms with Crippen LogP contribution in [0.2, 0.25) is 0 Å². The second-order valence-electron chi connectivity index (χ2n) is 12.8. The molecule has 3 aromatic carbocycles. The van der Waals surface area contributed by atoms with E-state index in [1.165, 1.54) is 0 Å². The number of aromatic nitrogens is 3. The monoisotopic (exact) mass is 588 g/mol. The highest BCUT2D eigenvalue weighted by Crippen LogP contribution is 2.36. The Hall–Kier alpha value is -4.69. The second-order valence-corrected chi connectivity index (χ2v) is 12.8. The lowest BCUT2D eigenvalue weighted by Gasteiger charge is -2.30. The van der Waals surface area contributed by atoms with E-state index < -0.39 is 0 Å². The molecule has 1 unspecified atom stereocenters. The number of Topliss-reactive ketones (excluding diaryl/α,β-unsaturated/α-hetero) is 1. The number of nitrogens with one attached hydrogen (secondary N) is 4. The standard InChI is InChI=1S/C36H40N6O2/c1-23-9-15-27(16-10-23)42-32(21-31(41-42)36(2,3)4)40-35(44)39-26-13-11-24(12-14-26)33(25-17-19-37-20-18-25)34(43)29-22-38-30-8-6-5-7-28(29)30/h5-16,21-22,25,33,37-38H,17-20H2,1-4H3,(H2,39,40,44). The minimum atomic E-state index is -0.365. The first-order valence-corrected chi connectivity index (χ1v) is 15.3. The first-order chi connectivity index (χ1) is 21.2. The average molecular weight is 589 g/mol. The molecule has 1 fully saturated rings. The number of H-pyrrole nitrogens is 1. The van der Waals surface area contributed by atoms with Gasteiger partial charge in [0, 0.05) is 39.8 Å². The molecule has 6 rings (SSSR count). The van der Waals surface area contributed by atoms with E-state index in [2.05, 4.69) is 41.7 Å². The first-order valence-electron chi connectivity index (χ1n) is 15.3. The van der Waals surface area contributed by atoms with Crippen molar-refractivity contribution in [1.29, 1.82) is 0 Å². The molecule has 0 radical (unpaired) electrons. The van der Waals surface area contributed by atoms with Crippen molar-refractivity contribution in [1.82, 2.24) is 20.1 Å². The van der Waals surface area contributed by atoms with Gasteiger partial charge in [0.2, 0.25) is 0 Å². The van der Waals surface area contributed by atoms with Crippen LogP contribution in [0.4, 0.5) is 16.3 Å². The Balaban J connectivity index is 1.22. The zero-order valence-corrected chi connectivity index (χ0v) is 25.8. The third-order valence-electron chi connectivity index (χ3n) is 8.52. The van der Waals surface area contributed by atoms with Gasteiger partial charge in [0.15, 0.2) is 5.78 Å². The highest BCUT2D eigenvalue weighted by molar-refractivity contribution is 6.11. The number of fused-ring (bicyclic) bond motifs is 1.